The van der Waals surface area contributed by atoms with Crippen LogP contribution in [0, 0.1) is 5.41 Å². The molecule has 0 spiro atoms. The van der Waals surface area contributed by atoms with Crippen LogP contribution in [0.15, 0.2) is 60.7 Å². The Morgan fingerprint density at radius 1 is 0.963 bits per heavy atom. The van der Waals surface area contributed by atoms with Gasteiger partial charge in [-0.3, -0.25) is 9.59 Å². The largest absolute Gasteiger partial charge is 0.351 e. The highest BCUT2D eigenvalue weighted by Crippen LogP contribution is 2.17. The molecule has 2 rings (SSSR count). The van der Waals surface area contributed by atoms with E-state index in [1.165, 1.54) is 0 Å². The average Bonchev–Trinajstić information content (AvgIpc) is 2.68. The van der Waals surface area contributed by atoms with E-state index in [4.69, 9.17) is 0 Å². The Morgan fingerprint density at radius 3 is 2.07 bits per heavy atom. The molecule has 0 heterocycles. The molecule has 0 aliphatic heterocycles. The van der Waals surface area contributed by atoms with Crippen molar-refractivity contribution >= 4 is 18.1 Å². The monoisotopic (exact) mass is 366 g/mol. The summed E-state index contributed by atoms with van der Waals surface area (Å²) in [6, 6.07) is 17.2. The fourth-order valence-electron chi connectivity index (χ4n) is 2.49. The minimum absolute atomic E-state index is 0.311. The molecule has 0 bridgehead atoms. The van der Waals surface area contributed by atoms with Gasteiger partial charge in [-0.25, -0.2) is 0 Å². The van der Waals surface area contributed by atoms with Crippen LogP contribution in [0.2, 0.25) is 0 Å². The Balaban J connectivity index is 2.17. The molecule has 2 aromatic carbocycles. The van der Waals surface area contributed by atoms with Gasteiger partial charge in [0.05, 0.1) is 0 Å². The van der Waals surface area contributed by atoms with Crippen LogP contribution in [0.5, 0.6) is 0 Å². The molecule has 0 aliphatic carbocycles. The summed E-state index contributed by atoms with van der Waals surface area (Å²) in [5, 5.41) is 5.68. The van der Waals surface area contributed by atoms with Crippen LogP contribution in [0.1, 0.15) is 36.7 Å². The van der Waals surface area contributed by atoms with Crippen molar-refractivity contribution in [3.8, 4) is 0 Å². The van der Waals surface area contributed by atoms with Gasteiger partial charge in [0, 0.05) is 23.4 Å². The van der Waals surface area contributed by atoms with Crippen molar-refractivity contribution in [2.45, 2.75) is 39.3 Å². The number of hydrogen-bond donors (Lipinski definition) is 2. The van der Waals surface area contributed by atoms with Crippen LogP contribution in [0.3, 0.4) is 0 Å². The maximum atomic E-state index is 12.8. The van der Waals surface area contributed by atoms with Gasteiger partial charge in [-0.05, 0) is 24.6 Å². The summed E-state index contributed by atoms with van der Waals surface area (Å²) in [5.41, 5.74) is 0.731. The predicted molar refractivity (Wildman–Crippen MR) is 105 cm³/mol. The van der Waals surface area contributed by atoms with E-state index in [1.54, 1.807) is 45.0 Å². The Kier molecular flexibility index (Phi) is 6.88. The first-order valence-electron chi connectivity index (χ1n) is 9.00. The summed E-state index contributed by atoms with van der Waals surface area (Å²) < 4.78 is 0. The Labute approximate surface area is 160 Å². The highest BCUT2D eigenvalue weighted by Gasteiger charge is 2.30. The smallest absolute Gasteiger partial charge is 0.251 e. The molecular weight excluding hydrogens is 340 g/mol. The maximum Gasteiger partial charge on any atom is 0.251 e. The van der Waals surface area contributed by atoms with Crippen molar-refractivity contribution < 1.29 is 14.4 Å². The molecule has 5 heteroatoms. The predicted octanol–water partition coefficient (Wildman–Crippen LogP) is 2.76. The standard InChI is InChI=1S/C22H26N2O3/c1-16(22(2,3)15-25)23-21(27)19(14-17-10-6-4-7-11-17)24-20(26)18-12-8-5-9-13-18/h4-13,15-16,19H,14H2,1-3H3,(H,23,27)(H,24,26)/t16-,19+/m1/s1. The zero-order valence-electron chi connectivity index (χ0n) is 15.9. The Morgan fingerprint density at radius 2 is 1.52 bits per heavy atom. The fourth-order valence-corrected chi connectivity index (χ4v) is 2.49. The van der Waals surface area contributed by atoms with Crippen LogP contribution in [-0.4, -0.2) is 30.2 Å². The van der Waals surface area contributed by atoms with Crippen molar-refractivity contribution in [3.63, 3.8) is 0 Å². The molecule has 2 amide bonds. The molecule has 0 aliphatic rings. The van der Waals surface area contributed by atoms with Gasteiger partial charge in [0.2, 0.25) is 5.91 Å². The van der Waals surface area contributed by atoms with Crippen LogP contribution in [0.4, 0.5) is 0 Å². The zero-order valence-corrected chi connectivity index (χ0v) is 15.9. The van der Waals surface area contributed by atoms with Crippen molar-refractivity contribution in [2.24, 2.45) is 5.41 Å². The molecule has 2 aromatic rings. The van der Waals surface area contributed by atoms with Crippen molar-refractivity contribution in [1.29, 1.82) is 0 Å². The van der Waals surface area contributed by atoms with E-state index in [0.29, 0.717) is 12.0 Å². The van der Waals surface area contributed by atoms with E-state index >= 15 is 0 Å². The number of nitrogens with one attached hydrogen (secondary N) is 2. The van der Waals surface area contributed by atoms with E-state index in [9.17, 15) is 14.4 Å². The van der Waals surface area contributed by atoms with Crippen molar-refractivity contribution in [2.75, 3.05) is 0 Å². The summed E-state index contributed by atoms with van der Waals surface area (Å²) in [6.07, 6.45) is 1.19. The second-order valence-electron chi connectivity index (χ2n) is 7.25. The first-order chi connectivity index (χ1) is 12.8. The molecule has 0 unspecified atom stereocenters. The van der Waals surface area contributed by atoms with Crippen LogP contribution in [-0.2, 0) is 16.0 Å². The SMILES string of the molecule is C[C@@H](NC(=O)[C@H](Cc1ccccc1)NC(=O)c1ccccc1)C(C)(C)C=O. The topological polar surface area (TPSA) is 75.3 Å². The second kappa shape index (κ2) is 9.12. The summed E-state index contributed by atoms with van der Waals surface area (Å²) in [7, 11) is 0. The summed E-state index contributed by atoms with van der Waals surface area (Å²) in [4.78, 5) is 36.6. The maximum absolute atomic E-state index is 12.8. The number of aldehydes is 1. The minimum Gasteiger partial charge on any atom is -0.351 e. The lowest BCUT2D eigenvalue weighted by Crippen LogP contribution is -2.53. The van der Waals surface area contributed by atoms with E-state index in [2.05, 4.69) is 10.6 Å². The third kappa shape index (κ3) is 5.78. The lowest BCUT2D eigenvalue weighted by Gasteiger charge is -2.29. The third-order valence-electron chi connectivity index (χ3n) is 4.72. The molecule has 0 saturated heterocycles. The van der Waals surface area contributed by atoms with E-state index in [1.807, 2.05) is 36.4 Å². The summed E-state index contributed by atoms with van der Waals surface area (Å²) in [5.74, 6) is -0.625. The zero-order chi connectivity index (χ0) is 19.9. The van der Waals surface area contributed by atoms with Gasteiger partial charge in [0.15, 0.2) is 0 Å². The Hall–Kier alpha value is -2.95. The van der Waals surface area contributed by atoms with Crippen molar-refractivity contribution in [3.05, 3.63) is 71.8 Å². The van der Waals surface area contributed by atoms with Gasteiger partial charge in [-0.2, -0.15) is 0 Å². The number of carbonyl (C=O) groups excluding carboxylic acids is 3. The van der Waals surface area contributed by atoms with Crippen LogP contribution < -0.4 is 10.6 Å². The molecular formula is C22H26N2O3. The lowest BCUT2D eigenvalue weighted by molar-refractivity contribution is -0.125. The molecule has 2 N–H and O–H groups in total. The van der Waals surface area contributed by atoms with Crippen LogP contribution >= 0.6 is 0 Å². The molecule has 0 radical (unpaired) electrons. The second-order valence-corrected chi connectivity index (χ2v) is 7.25. The third-order valence-corrected chi connectivity index (χ3v) is 4.72. The minimum atomic E-state index is -0.745. The van der Waals surface area contributed by atoms with Gasteiger partial charge in [0.1, 0.15) is 12.3 Å². The van der Waals surface area contributed by atoms with E-state index in [-0.39, 0.29) is 17.9 Å². The number of rotatable bonds is 8. The van der Waals surface area contributed by atoms with Crippen molar-refractivity contribution in [1.82, 2.24) is 10.6 Å². The molecule has 5 nitrogen and oxygen atoms in total. The van der Waals surface area contributed by atoms with Gasteiger partial charge in [-0.1, -0.05) is 62.4 Å². The summed E-state index contributed by atoms with van der Waals surface area (Å²) >= 11 is 0. The molecule has 142 valence electrons. The molecule has 0 fully saturated rings. The number of amides is 2. The average molecular weight is 366 g/mol. The highest BCUT2D eigenvalue weighted by molar-refractivity contribution is 5.97. The highest BCUT2D eigenvalue weighted by atomic mass is 16.2. The van der Waals surface area contributed by atoms with E-state index in [0.717, 1.165) is 11.8 Å². The van der Waals surface area contributed by atoms with Gasteiger partial charge >= 0.3 is 0 Å². The quantitative estimate of drug-likeness (QED) is 0.706. The Bertz CT molecular complexity index is 773. The first kappa shape index (κ1) is 20.4. The fraction of sp³-hybridized carbons (Fsp3) is 0.318. The number of benzene rings is 2. The van der Waals surface area contributed by atoms with Crippen LogP contribution in [0.25, 0.3) is 0 Å². The summed E-state index contributed by atoms with van der Waals surface area (Å²) in [6.45, 7) is 5.31. The van der Waals surface area contributed by atoms with Gasteiger partial charge < -0.3 is 15.4 Å². The molecule has 27 heavy (non-hydrogen) atoms. The molecule has 0 saturated carbocycles. The molecule has 2 atom stereocenters. The van der Waals surface area contributed by atoms with Gasteiger partial charge in [-0.15, -0.1) is 0 Å². The number of hydrogen-bond acceptors (Lipinski definition) is 3. The lowest BCUT2D eigenvalue weighted by atomic mass is 9.87. The van der Waals surface area contributed by atoms with E-state index < -0.39 is 11.5 Å². The first-order valence-corrected chi connectivity index (χ1v) is 9.00. The normalized spacial score (nSPS) is 13.3. The van der Waals surface area contributed by atoms with Gasteiger partial charge in [0.25, 0.3) is 5.91 Å². The number of carbonyl (C=O) groups is 3. The molecule has 0 aromatic heterocycles.